The van der Waals surface area contributed by atoms with Crippen LogP contribution in [0.25, 0.3) is 0 Å². The van der Waals surface area contributed by atoms with E-state index < -0.39 is 12.8 Å². The van der Waals surface area contributed by atoms with Crippen LogP contribution in [0.4, 0.5) is 13.2 Å². The van der Waals surface area contributed by atoms with Gasteiger partial charge in [0.15, 0.2) is 18.1 Å². The normalized spacial score (nSPS) is 11.4. The smallest absolute Gasteiger partial charge is 0.422 e. The molecule has 3 nitrogen and oxygen atoms in total. The Morgan fingerprint density at radius 1 is 1.35 bits per heavy atom. The molecule has 0 heterocycles. The largest absolute Gasteiger partial charge is 0.493 e. The third-order valence-corrected chi connectivity index (χ3v) is 2.19. The van der Waals surface area contributed by atoms with Crippen LogP contribution in [0.15, 0.2) is 12.1 Å². The lowest BCUT2D eigenvalue weighted by molar-refractivity contribution is -0.153. The average Bonchev–Trinajstić information content (AvgIpc) is 2.25. The zero-order chi connectivity index (χ0) is 13.1. The van der Waals surface area contributed by atoms with Crippen molar-refractivity contribution in [3.8, 4) is 11.5 Å². The molecule has 96 valence electrons. The molecule has 0 atom stereocenters. The summed E-state index contributed by atoms with van der Waals surface area (Å²) in [5.74, 6) is -0.00843. The van der Waals surface area contributed by atoms with Crippen molar-refractivity contribution in [2.24, 2.45) is 5.73 Å². The van der Waals surface area contributed by atoms with E-state index in [1.807, 2.05) is 0 Å². The molecule has 0 aliphatic rings. The Morgan fingerprint density at radius 3 is 2.47 bits per heavy atom. The molecule has 0 bridgehead atoms. The summed E-state index contributed by atoms with van der Waals surface area (Å²) in [6, 6.07) is 2.92. The molecule has 0 spiro atoms. The number of alkyl halides is 3. The first-order chi connectivity index (χ1) is 7.87. The van der Waals surface area contributed by atoms with Gasteiger partial charge < -0.3 is 15.2 Å². The molecule has 0 aromatic heterocycles. The fourth-order valence-electron chi connectivity index (χ4n) is 1.19. The van der Waals surface area contributed by atoms with Gasteiger partial charge in [-0.25, -0.2) is 0 Å². The predicted molar refractivity (Wildman–Crippen MR) is 57.4 cm³/mol. The van der Waals surface area contributed by atoms with E-state index in [0.717, 1.165) is 0 Å². The zero-order valence-electron chi connectivity index (χ0n) is 8.97. The molecular weight excluding hydrogens is 259 g/mol. The SMILES string of the molecule is COc1cc(CN)cc(Cl)c1OCC(F)(F)F. The van der Waals surface area contributed by atoms with Crippen molar-refractivity contribution in [1.29, 1.82) is 0 Å². The highest BCUT2D eigenvalue weighted by Gasteiger charge is 2.29. The number of hydrogen-bond acceptors (Lipinski definition) is 3. The summed E-state index contributed by atoms with van der Waals surface area (Å²) in [5, 5.41) is 0.0362. The second-order valence-electron chi connectivity index (χ2n) is 3.22. The maximum Gasteiger partial charge on any atom is 0.422 e. The first kappa shape index (κ1) is 13.9. The number of benzene rings is 1. The molecule has 0 radical (unpaired) electrons. The summed E-state index contributed by atoms with van der Waals surface area (Å²) >= 11 is 5.79. The van der Waals surface area contributed by atoms with E-state index >= 15 is 0 Å². The standard InChI is InChI=1S/C10H11ClF3NO2/c1-16-8-3-6(4-15)2-7(11)9(8)17-5-10(12,13)14/h2-3H,4-5,15H2,1H3. The van der Waals surface area contributed by atoms with Crippen molar-refractivity contribution in [2.45, 2.75) is 12.7 Å². The maximum absolute atomic E-state index is 12.0. The minimum Gasteiger partial charge on any atom is -0.493 e. The van der Waals surface area contributed by atoms with Gasteiger partial charge >= 0.3 is 6.18 Å². The van der Waals surface area contributed by atoms with E-state index in [0.29, 0.717) is 5.56 Å². The van der Waals surface area contributed by atoms with Crippen LogP contribution in [0.5, 0.6) is 11.5 Å². The van der Waals surface area contributed by atoms with Gasteiger partial charge in [-0.15, -0.1) is 0 Å². The summed E-state index contributed by atoms with van der Waals surface area (Å²) in [5.41, 5.74) is 6.05. The molecule has 0 saturated heterocycles. The van der Waals surface area contributed by atoms with Gasteiger partial charge in [0.2, 0.25) is 0 Å². The zero-order valence-corrected chi connectivity index (χ0v) is 9.73. The molecule has 0 aliphatic heterocycles. The Balaban J connectivity index is 2.98. The van der Waals surface area contributed by atoms with Crippen LogP contribution in [0.3, 0.4) is 0 Å². The van der Waals surface area contributed by atoms with E-state index in [-0.39, 0.29) is 23.1 Å². The van der Waals surface area contributed by atoms with Gasteiger partial charge in [0.1, 0.15) is 0 Å². The number of halogens is 4. The first-order valence-corrected chi connectivity index (χ1v) is 5.01. The molecule has 1 aromatic rings. The highest BCUT2D eigenvalue weighted by Crippen LogP contribution is 2.37. The summed E-state index contributed by atoms with van der Waals surface area (Å²) in [7, 11) is 1.31. The second kappa shape index (κ2) is 5.46. The minimum absolute atomic E-state index is 0.0362. The third kappa shape index (κ3) is 3.98. The van der Waals surface area contributed by atoms with E-state index in [4.69, 9.17) is 22.1 Å². The molecule has 7 heteroatoms. The minimum atomic E-state index is -4.43. The van der Waals surface area contributed by atoms with Gasteiger partial charge in [-0.05, 0) is 17.7 Å². The third-order valence-electron chi connectivity index (χ3n) is 1.91. The number of rotatable bonds is 4. The van der Waals surface area contributed by atoms with Crippen LogP contribution < -0.4 is 15.2 Å². The highest BCUT2D eigenvalue weighted by atomic mass is 35.5. The van der Waals surface area contributed by atoms with Gasteiger partial charge in [-0.1, -0.05) is 11.6 Å². The molecule has 1 rings (SSSR count). The summed E-state index contributed by atoms with van der Waals surface area (Å²) in [4.78, 5) is 0. The topological polar surface area (TPSA) is 44.5 Å². The van der Waals surface area contributed by atoms with Crippen molar-refractivity contribution in [3.05, 3.63) is 22.7 Å². The van der Waals surface area contributed by atoms with Crippen molar-refractivity contribution < 1.29 is 22.6 Å². The van der Waals surface area contributed by atoms with Crippen LogP contribution in [0.1, 0.15) is 5.56 Å². The van der Waals surface area contributed by atoms with Crippen LogP contribution in [-0.2, 0) is 6.54 Å². The fraction of sp³-hybridized carbons (Fsp3) is 0.400. The van der Waals surface area contributed by atoms with Gasteiger partial charge in [0.25, 0.3) is 0 Å². The van der Waals surface area contributed by atoms with Crippen LogP contribution in [-0.4, -0.2) is 19.9 Å². The molecular formula is C10H11ClF3NO2. The van der Waals surface area contributed by atoms with Crippen molar-refractivity contribution in [3.63, 3.8) is 0 Å². The lowest BCUT2D eigenvalue weighted by Crippen LogP contribution is -2.19. The monoisotopic (exact) mass is 269 g/mol. The van der Waals surface area contributed by atoms with E-state index in [9.17, 15) is 13.2 Å². The van der Waals surface area contributed by atoms with Gasteiger partial charge in [-0.3, -0.25) is 0 Å². The molecule has 0 saturated carbocycles. The summed E-state index contributed by atoms with van der Waals surface area (Å²) in [6.07, 6.45) is -4.43. The Labute approximate surface area is 101 Å². The quantitative estimate of drug-likeness (QED) is 0.914. The lowest BCUT2D eigenvalue weighted by Gasteiger charge is -2.14. The van der Waals surface area contributed by atoms with Crippen molar-refractivity contribution in [1.82, 2.24) is 0 Å². The Hall–Kier alpha value is -1.14. The molecule has 0 aliphatic carbocycles. The maximum atomic E-state index is 12.0. The van der Waals surface area contributed by atoms with Crippen LogP contribution >= 0.6 is 11.6 Å². The predicted octanol–water partition coefficient (Wildman–Crippen LogP) is 2.75. The van der Waals surface area contributed by atoms with Gasteiger partial charge in [0, 0.05) is 6.54 Å². The molecule has 1 aromatic carbocycles. The summed E-state index contributed by atoms with van der Waals surface area (Å²) < 4.78 is 45.6. The van der Waals surface area contributed by atoms with E-state index in [1.54, 1.807) is 0 Å². The Bertz CT molecular complexity index is 396. The Morgan fingerprint density at radius 2 is 2.00 bits per heavy atom. The highest BCUT2D eigenvalue weighted by molar-refractivity contribution is 6.32. The second-order valence-corrected chi connectivity index (χ2v) is 3.62. The number of ether oxygens (including phenoxy) is 2. The number of nitrogens with two attached hydrogens (primary N) is 1. The van der Waals surface area contributed by atoms with Gasteiger partial charge in [-0.2, -0.15) is 13.2 Å². The summed E-state index contributed by atoms with van der Waals surface area (Å²) in [6.45, 7) is -1.22. The van der Waals surface area contributed by atoms with E-state index in [2.05, 4.69) is 4.74 Å². The first-order valence-electron chi connectivity index (χ1n) is 4.63. The van der Waals surface area contributed by atoms with Crippen molar-refractivity contribution >= 4 is 11.6 Å². The fourth-order valence-corrected chi connectivity index (χ4v) is 1.47. The Kier molecular flexibility index (Phi) is 4.47. The number of methoxy groups -OCH3 is 1. The van der Waals surface area contributed by atoms with Crippen LogP contribution in [0, 0.1) is 0 Å². The lowest BCUT2D eigenvalue weighted by atomic mass is 10.2. The van der Waals surface area contributed by atoms with Crippen LogP contribution in [0.2, 0.25) is 5.02 Å². The molecule has 17 heavy (non-hydrogen) atoms. The van der Waals surface area contributed by atoms with Crippen molar-refractivity contribution in [2.75, 3.05) is 13.7 Å². The molecule has 0 unspecified atom stereocenters. The molecule has 0 amide bonds. The van der Waals surface area contributed by atoms with E-state index in [1.165, 1.54) is 19.2 Å². The number of hydrogen-bond donors (Lipinski definition) is 1. The van der Waals surface area contributed by atoms with Gasteiger partial charge in [0.05, 0.1) is 12.1 Å². The average molecular weight is 270 g/mol. The molecule has 0 fully saturated rings. The molecule has 2 N–H and O–H groups in total.